The van der Waals surface area contributed by atoms with Crippen LogP contribution in [0.5, 0.6) is 0 Å². The first-order chi connectivity index (χ1) is 14.5. The van der Waals surface area contributed by atoms with Crippen molar-refractivity contribution < 1.29 is 13.7 Å². The lowest BCUT2D eigenvalue weighted by atomic mass is 10.1. The van der Waals surface area contributed by atoms with E-state index in [9.17, 15) is 9.18 Å². The van der Waals surface area contributed by atoms with Gasteiger partial charge in [0.2, 0.25) is 11.7 Å². The van der Waals surface area contributed by atoms with E-state index in [0.717, 1.165) is 15.6 Å². The molecule has 0 spiro atoms. The molecule has 0 saturated heterocycles. The van der Waals surface area contributed by atoms with E-state index in [1.54, 1.807) is 22.9 Å². The SMILES string of the molecule is CC(NC(=O)Cn1cccc1-c1nc(-c2ccc(Br)cc2)no1)c1ccc(F)cc1. The minimum Gasteiger partial charge on any atom is -0.348 e. The fraction of sp³-hybridized carbons (Fsp3) is 0.136. The van der Waals surface area contributed by atoms with E-state index in [4.69, 9.17) is 4.52 Å². The molecule has 6 nitrogen and oxygen atoms in total. The third-order valence-corrected chi connectivity index (χ3v) is 5.17. The Labute approximate surface area is 180 Å². The molecule has 0 fully saturated rings. The average Bonchev–Trinajstić information content (AvgIpc) is 3.38. The van der Waals surface area contributed by atoms with Crippen LogP contribution in [-0.4, -0.2) is 20.6 Å². The fourth-order valence-electron chi connectivity index (χ4n) is 3.07. The van der Waals surface area contributed by atoms with Gasteiger partial charge in [-0.25, -0.2) is 4.39 Å². The lowest BCUT2D eigenvalue weighted by molar-refractivity contribution is -0.122. The van der Waals surface area contributed by atoms with Gasteiger partial charge in [0.05, 0.1) is 6.04 Å². The third-order valence-electron chi connectivity index (χ3n) is 4.64. The zero-order chi connectivity index (χ0) is 21.1. The standard InChI is InChI=1S/C22H18BrFN4O2/c1-14(15-6-10-18(24)11-7-15)25-20(29)13-28-12-2-3-19(28)22-26-21(27-30-22)16-4-8-17(23)9-5-16/h2-12,14H,13H2,1H3,(H,25,29). The van der Waals surface area contributed by atoms with Gasteiger partial charge in [-0.05, 0) is 61.0 Å². The zero-order valence-corrected chi connectivity index (χ0v) is 17.6. The quantitative estimate of drug-likeness (QED) is 0.432. The van der Waals surface area contributed by atoms with Crippen LogP contribution >= 0.6 is 15.9 Å². The Morgan fingerprint density at radius 1 is 1.17 bits per heavy atom. The number of benzene rings is 2. The van der Waals surface area contributed by atoms with Crippen molar-refractivity contribution in [3.63, 3.8) is 0 Å². The monoisotopic (exact) mass is 468 g/mol. The van der Waals surface area contributed by atoms with E-state index in [1.807, 2.05) is 43.3 Å². The molecule has 1 atom stereocenters. The minimum absolute atomic E-state index is 0.0872. The molecule has 1 unspecified atom stereocenters. The number of hydrogen-bond donors (Lipinski definition) is 1. The minimum atomic E-state index is -0.309. The van der Waals surface area contributed by atoms with Crippen molar-refractivity contribution in [2.75, 3.05) is 0 Å². The lowest BCUT2D eigenvalue weighted by Crippen LogP contribution is -2.30. The maximum absolute atomic E-state index is 13.1. The number of carbonyl (C=O) groups excluding carboxylic acids is 1. The van der Waals surface area contributed by atoms with Crippen LogP contribution in [0.2, 0.25) is 0 Å². The van der Waals surface area contributed by atoms with Crippen molar-refractivity contribution in [3.8, 4) is 23.0 Å². The molecule has 1 amide bonds. The Bertz CT molecular complexity index is 1150. The number of halogens is 2. The Kier molecular flexibility index (Phi) is 5.76. The highest BCUT2D eigenvalue weighted by atomic mass is 79.9. The van der Waals surface area contributed by atoms with Gasteiger partial charge in [0.25, 0.3) is 5.89 Å². The number of nitrogens with zero attached hydrogens (tertiary/aromatic N) is 3. The van der Waals surface area contributed by atoms with E-state index in [2.05, 4.69) is 31.4 Å². The summed E-state index contributed by atoms with van der Waals surface area (Å²) < 4.78 is 21.2. The molecule has 0 radical (unpaired) electrons. The highest BCUT2D eigenvalue weighted by Gasteiger charge is 2.16. The second-order valence-electron chi connectivity index (χ2n) is 6.79. The summed E-state index contributed by atoms with van der Waals surface area (Å²) in [6, 6.07) is 17.0. The summed E-state index contributed by atoms with van der Waals surface area (Å²) in [6.45, 7) is 1.94. The van der Waals surface area contributed by atoms with Gasteiger partial charge < -0.3 is 14.4 Å². The van der Waals surface area contributed by atoms with Gasteiger partial charge in [-0.15, -0.1) is 0 Å². The molecule has 2 aromatic heterocycles. The predicted molar refractivity (Wildman–Crippen MR) is 114 cm³/mol. The van der Waals surface area contributed by atoms with Crippen molar-refractivity contribution in [2.45, 2.75) is 19.5 Å². The number of nitrogens with one attached hydrogen (secondary N) is 1. The molecule has 4 aromatic rings. The van der Waals surface area contributed by atoms with Crippen LogP contribution in [-0.2, 0) is 11.3 Å². The Balaban J connectivity index is 1.46. The van der Waals surface area contributed by atoms with E-state index in [-0.39, 0.29) is 24.3 Å². The van der Waals surface area contributed by atoms with Gasteiger partial charge in [-0.1, -0.05) is 33.2 Å². The normalized spacial score (nSPS) is 12.0. The molecule has 2 heterocycles. The van der Waals surface area contributed by atoms with Crippen LogP contribution in [0.4, 0.5) is 4.39 Å². The molecule has 8 heteroatoms. The fourth-order valence-corrected chi connectivity index (χ4v) is 3.33. The molecule has 0 aliphatic rings. The van der Waals surface area contributed by atoms with Crippen molar-refractivity contribution in [1.29, 1.82) is 0 Å². The largest absolute Gasteiger partial charge is 0.348 e. The van der Waals surface area contributed by atoms with Gasteiger partial charge >= 0.3 is 0 Å². The maximum Gasteiger partial charge on any atom is 0.274 e. The highest BCUT2D eigenvalue weighted by Crippen LogP contribution is 2.24. The van der Waals surface area contributed by atoms with Crippen molar-refractivity contribution >= 4 is 21.8 Å². The van der Waals surface area contributed by atoms with Crippen LogP contribution < -0.4 is 5.32 Å². The third kappa shape index (κ3) is 4.49. The summed E-state index contributed by atoms with van der Waals surface area (Å²) in [4.78, 5) is 17.0. The predicted octanol–water partition coefficient (Wildman–Crippen LogP) is 4.98. The Morgan fingerprint density at radius 2 is 1.90 bits per heavy atom. The number of aromatic nitrogens is 3. The van der Waals surface area contributed by atoms with Crippen LogP contribution in [0, 0.1) is 5.82 Å². The zero-order valence-electron chi connectivity index (χ0n) is 16.0. The van der Waals surface area contributed by atoms with E-state index < -0.39 is 0 Å². The first-order valence-electron chi connectivity index (χ1n) is 9.29. The van der Waals surface area contributed by atoms with Crippen molar-refractivity contribution in [1.82, 2.24) is 20.0 Å². The molecule has 30 heavy (non-hydrogen) atoms. The molecular formula is C22H18BrFN4O2. The van der Waals surface area contributed by atoms with Gasteiger partial charge in [0.1, 0.15) is 18.1 Å². The highest BCUT2D eigenvalue weighted by molar-refractivity contribution is 9.10. The summed E-state index contributed by atoms with van der Waals surface area (Å²) >= 11 is 3.40. The first-order valence-corrected chi connectivity index (χ1v) is 10.1. The summed E-state index contributed by atoms with van der Waals surface area (Å²) in [7, 11) is 0. The molecule has 4 rings (SSSR count). The molecule has 0 aliphatic carbocycles. The summed E-state index contributed by atoms with van der Waals surface area (Å²) in [6.07, 6.45) is 1.78. The van der Waals surface area contributed by atoms with Gasteiger partial charge in [-0.3, -0.25) is 4.79 Å². The van der Waals surface area contributed by atoms with Crippen LogP contribution in [0.1, 0.15) is 18.5 Å². The second-order valence-corrected chi connectivity index (χ2v) is 7.71. The number of amides is 1. The van der Waals surface area contributed by atoms with Gasteiger partial charge in [0, 0.05) is 16.2 Å². The molecule has 0 bridgehead atoms. The van der Waals surface area contributed by atoms with E-state index in [1.165, 1.54) is 12.1 Å². The topological polar surface area (TPSA) is 73.0 Å². The second kappa shape index (κ2) is 8.62. The lowest BCUT2D eigenvalue weighted by Gasteiger charge is -2.15. The number of carbonyl (C=O) groups is 1. The van der Waals surface area contributed by atoms with Crippen molar-refractivity contribution in [2.24, 2.45) is 0 Å². The Hall–Kier alpha value is -3.26. The summed E-state index contributed by atoms with van der Waals surface area (Å²) in [5, 5.41) is 6.96. The summed E-state index contributed by atoms with van der Waals surface area (Å²) in [5.74, 6) is 0.310. The van der Waals surface area contributed by atoms with E-state index >= 15 is 0 Å². The molecule has 0 aliphatic heterocycles. The molecule has 2 aromatic carbocycles. The van der Waals surface area contributed by atoms with Gasteiger partial charge in [0.15, 0.2) is 0 Å². The Morgan fingerprint density at radius 3 is 2.63 bits per heavy atom. The molecular weight excluding hydrogens is 451 g/mol. The number of hydrogen-bond acceptors (Lipinski definition) is 4. The number of rotatable bonds is 6. The average molecular weight is 469 g/mol. The molecule has 0 saturated carbocycles. The molecule has 1 N–H and O–H groups in total. The smallest absolute Gasteiger partial charge is 0.274 e. The van der Waals surface area contributed by atoms with Gasteiger partial charge in [-0.2, -0.15) is 4.98 Å². The first kappa shape index (κ1) is 20.0. The molecule has 152 valence electrons. The van der Waals surface area contributed by atoms with Crippen LogP contribution in [0.25, 0.3) is 23.0 Å². The van der Waals surface area contributed by atoms with E-state index in [0.29, 0.717) is 17.4 Å². The maximum atomic E-state index is 13.1. The van der Waals surface area contributed by atoms with Crippen LogP contribution in [0.3, 0.4) is 0 Å². The van der Waals surface area contributed by atoms with Crippen LogP contribution in [0.15, 0.2) is 75.9 Å². The van der Waals surface area contributed by atoms with Crippen molar-refractivity contribution in [3.05, 3.63) is 82.7 Å². The summed E-state index contributed by atoms with van der Waals surface area (Å²) in [5.41, 5.74) is 2.31.